The fourth-order valence-corrected chi connectivity index (χ4v) is 2.02. The lowest BCUT2D eigenvalue weighted by molar-refractivity contribution is -0.143. The molecule has 0 heterocycles. The Bertz CT molecular complexity index is 506. The smallest absolute Gasteiger partial charge is 0.307 e. The Morgan fingerprint density at radius 1 is 1.38 bits per heavy atom. The van der Waals surface area contributed by atoms with Gasteiger partial charge in [0.2, 0.25) is 5.91 Å². The molecule has 0 spiro atoms. The zero-order valence-corrected chi connectivity index (χ0v) is 13.4. The van der Waals surface area contributed by atoms with Gasteiger partial charge in [-0.1, -0.05) is 11.6 Å². The topological polar surface area (TPSA) is 58.6 Å². The van der Waals surface area contributed by atoms with Crippen LogP contribution in [0.15, 0.2) is 18.2 Å². The molecule has 0 fully saturated rings. The number of carbonyl (C=O) groups is 2. The summed E-state index contributed by atoms with van der Waals surface area (Å²) < 4.78 is 4.84. The molecule has 1 rings (SSSR count). The van der Waals surface area contributed by atoms with Gasteiger partial charge in [0.25, 0.3) is 0 Å². The third-order valence-electron chi connectivity index (χ3n) is 2.88. The number of benzene rings is 1. The highest BCUT2D eigenvalue weighted by molar-refractivity contribution is 6.30. The van der Waals surface area contributed by atoms with Crippen molar-refractivity contribution in [2.24, 2.45) is 0 Å². The standard InChI is InChI=1S/C15H21ClN2O3/c1-4-21-15(20)7-8-18(3)10-14(19)17-13-6-5-12(16)9-11(13)2/h5-6,9H,4,7-8,10H2,1-3H3,(H,17,19). The van der Waals surface area contributed by atoms with Crippen molar-refractivity contribution in [2.75, 3.05) is 32.1 Å². The minimum atomic E-state index is -0.252. The summed E-state index contributed by atoms with van der Waals surface area (Å²) in [4.78, 5) is 24.9. The monoisotopic (exact) mass is 312 g/mol. The quantitative estimate of drug-likeness (QED) is 0.786. The Balaban J connectivity index is 2.40. The van der Waals surface area contributed by atoms with E-state index in [9.17, 15) is 9.59 Å². The number of hydrogen-bond donors (Lipinski definition) is 1. The van der Waals surface area contributed by atoms with E-state index in [1.54, 1.807) is 37.1 Å². The Morgan fingerprint density at radius 2 is 2.10 bits per heavy atom. The first-order valence-electron chi connectivity index (χ1n) is 6.82. The van der Waals surface area contributed by atoms with Gasteiger partial charge >= 0.3 is 5.97 Å². The molecule has 0 atom stereocenters. The lowest BCUT2D eigenvalue weighted by Gasteiger charge is -2.16. The molecule has 0 saturated heterocycles. The molecule has 0 unspecified atom stereocenters. The summed E-state index contributed by atoms with van der Waals surface area (Å²) in [6.45, 7) is 4.71. The number of ether oxygens (including phenoxy) is 1. The van der Waals surface area contributed by atoms with Crippen LogP contribution in [0.3, 0.4) is 0 Å². The highest BCUT2D eigenvalue weighted by Crippen LogP contribution is 2.19. The molecule has 1 aromatic rings. The van der Waals surface area contributed by atoms with E-state index in [1.807, 2.05) is 6.92 Å². The predicted molar refractivity (Wildman–Crippen MR) is 83.6 cm³/mol. The number of amides is 1. The van der Waals surface area contributed by atoms with Crippen LogP contribution in [0.1, 0.15) is 18.9 Å². The number of nitrogens with zero attached hydrogens (tertiary/aromatic N) is 1. The maximum absolute atomic E-state index is 11.9. The normalized spacial score (nSPS) is 10.5. The van der Waals surface area contributed by atoms with Crippen LogP contribution in [0.5, 0.6) is 0 Å². The van der Waals surface area contributed by atoms with E-state index in [0.717, 1.165) is 11.3 Å². The van der Waals surface area contributed by atoms with Gasteiger partial charge in [-0.15, -0.1) is 0 Å². The molecule has 0 radical (unpaired) electrons. The van der Waals surface area contributed by atoms with Crippen molar-refractivity contribution in [3.05, 3.63) is 28.8 Å². The number of halogens is 1. The molecule has 116 valence electrons. The minimum Gasteiger partial charge on any atom is -0.466 e. The first-order valence-corrected chi connectivity index (χ1v) is 7.20. The number of likely N-dealkylation sites (N-methyl/N-ethyl adjacent to an activating group) is 1. The van der Waals surface area contributed by atoms with Crippen molar-refractivity contribution in [3.8, 4) is 0 Å². The van der Waals surface area contributed by atoms with E-state index >= 15 is 0 Å². The minimum absolute atomic E-state index is 0.133. The van der Waals surface area contributed by atoms with Crippen molar-refractivity contribution in [2.45, 2.75) is 20.3 Å². The summed E-state index contributed by atoms with van der Waals surface area (Å²) in [6, 6.07) is 5.30. The van der Waals surface area contributed by atoms with E-state index in [2.05, 4.69) is 5.32 Å². The molecule has 5 nitrogen and oxygen atoms in total. The Hall–Kier alpha value is -1.59. The van der Waals surface area contributed by atoms with E-state index in [1.165, 1.54) is 0 Å². The van der Waals surface area contributed by atoms with E-state index in [-0.39, 0.29) is 24.8 Å². The summed E-state index contributed by atoms with van der Waals surface area (Å²) in [5.74, 6) is -0.384. The third kappa shape index (κ3) is 6.60. The first-order chi connectivity index (χ1) is 9.92. The summed E-state index contributed by atoms with van der Waals surface area (Å²) in [7, 11) is 1.79. The van der Waals surface area contributed by atoms with Crippen LogP contribution in [0.2, 0.25) is 5.02 Å². The van der Waals surface area contributed by atoms with E-state index in [0.29, 0.717) is 18.2 Å². The largest absolute Gasteiger partial charge is 0.466 e. The SMILES string of the molecule is CCOC(=O)CCN(C)CC(=O)Nc1ccc(Cl)cc1C. The van der Waals surface area contributed by atoms with Crippen LogP contribution in [-0.2, 0) is 14.3 Å². The van der Waals surface area contributed by atoms with E-state index in [4.69, 9.17) is 16.3 Å². The van der Waals surface area contributed by atoms with Crippen LogP contribution < -0.4 is 5.32 Å². The lowest BCUT2D eigenvalue weighted by atomic mass is 10.2. The van der Waals surface area contributed by atoms with Gasteiger partial charge in [-0.25, -0.2) is 0 Å². The highest BCUT2D eigenvalue weighted by Gasteiger charge is 2.10. The number of esters is 1. The van der Waals surface area contributed by atoms with Crippen molar-refractivity contribution in [1.82, 2.24) is 4.90 Å². The molecule has 21 heavy (non-hydrogen) atoms. The second kappa shape index (κ2) is 8.64. The number of anilines is 1. The number of nitrogens with one attached hydrogen (secondary N) is 1. The van der Waals surface area contributed by atoms with Gasteiger partial charge in [-0.2, -0.15) is 0 Å². The molecule has 0 aromatic heterocycles. The van der Waals surface area contributed by atoms with Crippen LogP contribution in [0, 0.1) is 6.92 Å². The molecule has 6 heteroatoms. The molecule has 1 aromatic carbocycles. The van der Waals surface area contributed by atoms with Gasteiger partial charge in [0.1, 0.15) is 0 Å². The molecular weight excluding hydrogens is 292 g/mol. The summed E-state index contributed by atoms with van der Waals surface area (Å²) in [5.41, 5.74) is 1.65. The fraction of sp³-hybridized carbons (Fsp3) is 0.467. The Morgan fingerprint density at radius 3 is 2.71 bits per heavy atom. The van der Waals surface area contributed by atoms with Crippen molar-refractivity contribution in [3.63, 3.8) is 0 Å². The molecule has 0 bridgehead atoms. The van der Waals surface area contributed by atoms with Crippen molar-refractivity contribution in [1.29, 1.82) is 0 Å². The summed E-state index contributed by atoms with van der Waals surface area (Å²) in [5, 5.41) is 3.46. The molecule has 1 amide bonds. The zero-order chi connectivity index (χ0) is 15.8. The van der Waals surface area contributed by atoms with Crippen LogP contribution in [0.4, 0.5) is 5.69 Å². The number of carbonyl (C=O) groups excluding carboxylic acids is 2. The highest BCUT2D eigenvalue weighted by atomic mass is 35.5. The zero-order valence-electron chi connectivity index (χ0n) is 12.6. The van der Waals surface area contributed by atoms with Crippen LogP contribution in [-0.4, -0.2) is 43.5 Å². The van der Waals surface area contributed by atoms with Gasteiger partial charge in [0, 0.05) is 17.3 Å². The third-order valence-corrected chi connectivity index (χ3v) is 3.11. The molecule has 0 aliphatic heterocycles. The number of hydrogen-bond acceptors (Lipinski definition) is 4. The average Bonchev–Trinajstić information content (AvgIpc) is 2.40. The molecule has 0 aliphatic carbocycles. The van der Waals surface area contributed by atoms with Crippen molar-refractivity contribution < 1.29 is 14.3 Å². The van der Waals surface area contributed by atoms with Crippen LogP contribution in [0.25, 0.3) is 0 Å². The average molecular weight is 313 g/mol. The Kier molecular flexibility index (Phi) is 7.19. The van der Waals surface area contributed by atoms with Gasteiger partial charge in [-0.3, -0.25) is 14.5 Å². The van der Waals surface area contributed by atoms with Gasteiger partial charge < -0.3 is 10.1 Å². The van der Waals surface area contributed by atoms with Crippen molar-refractivity contribution >= 4 is 29.2 Å². The summed E-state index contributed by atoms with van der Waals surface area (Å²) >= 11 is 5.87. The summed E-state index contributed by atoms with van der Waals surface area (Å²) in [6.07, 6.45) is 0.275. The molecular formula is C15H21ClN2O3. The second-order valence-electron chi connectivity index (χ2n) is 4.80. The Labute approximate surface area is 130 Å². The molecule has 0 saturated carbocycles. The maximum Gasteiger partial charge on any atom is 0.307 e. The van der Waals surface area contributed by atoms with Gasteiger partial charge in [0.15, 0.2) is 0 Å². The maximum atomic E-state index is 11.9. The lowest BCUT2D eigenvalue weighted by Crippen LogP contribution is -2.32. The molecule has 1 N–H and O–H groups in total. The molecule has 0 aliphatic rings. The van der Waals surface area contributed by atoms with E-state index < -0.39 is 0 Å². The van der Waals surface area contributed by atoms with Gasteiger partial charge in [-0.05, 0) is 44.7 Å². The number of aryl methyl sites for hydroxylation is 1. The van der Waals surface area contributed by atoms with Gasteiger partial charge in [0.05, 0.1) is 19.6 Å². The fourth-order valence-electron chi connectivity index (χ4n) is 1.80. The predicted octanol–water partition coefficient (Wildman–Crippen LogP) is 2.47. The second-order valence-corrected chi connectivity index (χ2v) is 5.24. The first kappa shape index (κ1) is 17.5. The number of rotatable bonds is 7. The van der Waals surface area contributed by atoms with Crippen LogP contribution >= 0.6 is 11.6 Å².